The molecule has 100 valence electrons. The van der Waals surface area contributed by atoms with Gasteiger partial charge in [0.05, 0.1) is 11.6 Å². The minimum Gasteiger partial charge on any atom is -0.307 e. The van der Waals surface area contributed by atoms with Gasteiger partial charge < -0.3 is 5.32 Å². The van der Waals surface area contributed by atoms with Gasteiger partial charge in [0.25, 0.3) is 0 Å². The van der Waals surface area contributed by atoms with E-state index in [2.05, 4.69) is 11.9 Å². The van der Waals surface area contributed by atoms with Gasteiger partial charge in [0.15, 0.2) is 0 Å². The molecule has 0 aliphatic carbocycles. The van der Waals surface area contributed by atoms with Crippen molar-refractivity contribution >= 4 is 0 Å². The lowest BCUT2D eigenvalue weighted by Gasteiger charge is -2.20. The highest BCUT2D eigenvalue weighted by Gasteiger charge is 2.34. The Hall–Kier alpha value is -1.36. The van der Waals surface area contributed by atoms with Gasteiger partial charge in [-0.25, -0.2) is 4.39 Å². The van der Waals surface area contributed by atoms with Gasteiger partial charge >= 0.3 is 6.18 Å². The Kier molecular flexibility index (Phi) is 4.90. The van der Waals surface area contributed by atoms with Gasteiger partial charge in [-0.1, -0.05) is 13.0 Å². The third-order valence-corrected chi connectivity index (χ3v) is 2.50. The fourth-order valence-corrected chi connectivity index (χ4v) is 1.67. The van der Waals surface area contributed by atoms with Gasteiger partial charge in [0, 0.05) is 0 Å². The van der Waals surface area contributed by atoms with E-state index in [1.165, 1.54) is 6.08 Å². The Morgan fingerprint density at radius 3 is 2.56 bits per heavy atom. The lowest BCUT2D eigenvalue weighted by molar-refractivity contribution is -0.138. The third kappa shape index (κ3) is 3.57. The molecule has 0 amide bonds. The van der Waals surface area contributed by atoms with Crippen molar-refractivity contribution in [3.8, 4) is 0 Å². The maximum absolute atomic E-state index is 13.1. The lowest BCUT2D eigenvalue weighted by atomic mass is 9.99. The molecule has 0 heterocycles. The summed E-state index contributed by atoms with van der Waals surface area (Å²) in [4.78, 5) is 0. The van der Waals surface area contributed by atoms with E-state index >= 15 is 0 Å². The molecule has 1 nitrogen and oxygen atoms in total. The van der Waals surface area contributed by atoms with E-state index in [1.807, 2.05) is 6.92 Å². The standard InChI is InChI=1S/C13H15F4N/c1-3-7-18-12(4-2)10-8-9(14)5-6-11(10)13(15,16)17/h4-6,8,12,18H,2-3,7H2,1H3. The van der Waals surface area contributed by atoms with E-state index in [1.54, 1.807) is 0 Å². The maximum atomic E-state index is 13.1. The lowest BCUT2D eigenvalue weighted by Crippen LogP contribution is -2.23. The van der Waals surface area contributed by atoms with Crippen molar-refractivity contribution in [2.24, 2.45) is 0 Å². The van der Waals surface area contributed by atoms with Crippen LogP contribution in [0.4, 0.5) is 17.6 Å². The second kappa shape index (κ2) is 6.00. The van der Waals surface area contributed by atoms with Crippen LogP contribution in [0.15, 0.2) is 30.9 Å². The Morgan fingerprint density at radius 2 is 2.06 bits per heavy atom. The molecule has 0 fully saturated rings. The van der Waals surface area contributed by atoms with Crippen molar-refractivity contribution < 1.29 is 17.6 Å². The van der Waals surface area contributed by atoms with Crippen LogP contribution in [0.25, 0.3) is 0 Å². The molecule has 1 atom stereocenters. The maximum Gasteiger partial charge on any atom is 0.416 e. The van der Waals surface area contributed by atoms with Crippen molar-refractivity contribution in [2.75, 3.05) is 6.54 Å². The molecule has 0 bridgehead atoms. The van der Waals surface area contributed by atoms with Crippen LogP contribution in [0.2, 0.25) is 0 Å². The van der Waals surface area contributed by atoms with Gasteiger partial charge in [-0.05, 0) is 36.7 Å². The van der Waals surface area contributed by atoms with Crippen molar-refractivity contribution in [1.29, 1.82) is 0 Å². The highest BCUT2D eigenvalue weighted by molar-refractivity contribution is 5.35. The fraction of sp³-hybridized carbons (Fsp3) is 0.385. The summed E-state index contributed by atoms with van der Waals surface area (Å²) in [6.45, 7) is 5.92. The monoisotopic (exact) mass is 261 g/mol. The molecule has 1 rings (SSSR count). The fourth-order valence-electron chi connectivity index (χ4n) is 1.67. The zero-order valence-electron chi connectivity index (χ0n) is 10.0. The van der Waals surface area contributed by atoms with Crippen LogP contribution in [0, 0.1) is 5.82 Å². The summed E-state index contributed by atoms with van der Waals surface area (Å²) in [7, 11) is 0. The molecule has 0 saturated carbocycles. The minimum absolute atomic E-state index is 0.133. The van der Waals surface area contributed by atoms with Crippen molar-refractivity contribution in [3.05, 3.63) is 47.8 Å². The molecule has 0 radical (unpaired) electrons. The number of hydrogen-bond acceptors (Lipinski definition) is 1. The molecule has 0 saturated heterocycles. The molecule has 0 spiro atoms. The number of rotatable bonds is 5. The summed E-state index contributed by atoms with van der Waals surface area (Å²) in [6, 6.07) is 1.76. The second-order valence-electron chi connectivity index (χ2n) is 3.90. The summed E-state index contributed by atoms with van der Waals surface area (Å²) in [5, 5.41) is 2.89. The summed E-state index contributed by atoms with van der Waals surface area (Å²) < 4.78 is 51.6. The van der Waals surface area contributed by atoms with Crippen LogP contribution in [-0.4, -0.2) is 6.54 Å². The van der Waals surface area contributed by atoms with Gasteiger partial charge in [-0.3, -0.25) is 0 Å². The molecule has 1 N–H and O–H groups in total. The molecule has 18 heavy (non-hydrogen) atoms. The average Bonchev–Trinajstić information content (AvgIpc) is 2.28. The Bertz CT molecular complexity index is 412. The molecule has 1 aromatic rings. The van der Waals surface area contributed by atoms with Crippen molar-refractivity contribution in [3.63, 3.8) is 0 Å². The topological polar surface area (TPSA) is 12.0 Å². The SMILES string of the molecule is C=CC(NCCC)c1cc(F)ccc1C(F)(F)F. The zero-order valence-corrected chi connectivity index (χ0v) is 10.0. The summed E-state index contributed by atoms with van der Waals surface area (Å²) in [5.41, 5.74) is -0.969. The third-order valence-electron chi connectivity index (χ3n) is 2.50. The summed E-state index contributed by atoms with van der Waals surface area (Å²) in [5.74, 6) is -0.692. The summed E-state index contributed by atoms with van der Waals surface area (Å²) >= 11 is 0. The molecule has 1 unspecified atom stereocenters. The van der Waals surface area contributed by atoms with Crippen LogP contribution < -0.4 is 5.32 Å². The van der Waals surface area contributed by atoms with Crippen molar-refractivity contribution in [2.45, 2.75) is 25.6 Å². The molecule has 1 aromatic carbocycles. The van der Waals surface area contributed by atoms with Crippen LogP contribution in [0.5, 0.6) is 0 Å². The quantitative estimate of drug-likeness (QED) is 0.622. The van der Waals surface area contributed by atoms with E-state index in [0.29, 0.717) is 6.54 Å². The second-order valence-corrected chi connectivity index (χ2v) is 3.90. The summed E-state index contributed by atoms with van der Waals surface area (Å²) in [6.07, 6.45) is -2.39. The van der Waals surface area contributed by atoms with E-state index in [9.17, 15) is 17.6 Å². The number of benzene rings is 1. The van der Waals surface area contributed by atoms with Gasteiger partial charge in [-0.2, -0.15) is 13.2 Å². The zero-order chi connectivity index (χ0) is 13.8. The first kappa shape index (κ1) is 14.7. The molecule has 0 aliphatic rings. The van der Waals surface area contributed by atoms with E-state index < -0.39 is 23.6 Å². The van der Waals surface area contributed by atoms with Crippen LogP contribution >= 0.6 is 0 Å². The van der Waals surface area contributed by atoms with E-state index in [-0.39, 0.29) is 5.56 Å². The number of alkyl halides is 3. The molecular formula is C13H15F4N. The van der Waals surface area contributed by atoms with Crippen LogP contribution in [-0.2, 0) is 6.18 Å². The van der Waals surface area contributed by atoms with Gasteiger partial charge in [-0.15, -0.1) is 6.58 Å². The van der Waals surface area contributed by atoms with E-state index in [4.69, 9.17) is 0 Å². The predicted octanol–water partition coefficient (Wildman–Crippen LogP) is 4.07. The number of nitrogens with one attached hydrogen (secondary N) is 1. The van der Waals surface area contributed by atoms with Gasteiger partial charge in [0.2, 0.25) is 0 Å². The van der Waals surface area contributed by atoms with Gasteiger partial charge in [0.1, 0.15) is 5.82 Å². The molecular weight excluding hydrogens is 246 g/mol. The highest BCUT2D eigenvalue weighted by atomic mass is 19.4. The Labute approximate surface area is 104 Å². The average molecular weight is 261 g/mol. The van der Waals surface area contributed by atoms with E-state index in [0.717, 1.165) is 24.6 Å². The normalized spacial score (nSPS) is 13.4. The smallest absolute Gasteiger partial charge is 0.307 e. The first-order chi connectivity index (χ1) is 8.40. The van der Waals surface area contributed by atoms with Crippen molar-refractivity contribution in [1.82, 2.24) is 5.32 Å². The van der Waals surface area contributed by atoms with Crippen LogP contribution in [0.1, 0.15) is 30.5 Å². The Morgan fingerprint density at radius 1 is 1.39 bits per heavy atom. The first-order valence-corrected chi connectivity index (χ1v) is 5.62. The highest BCUT2D eigenvalue weighted by Crippen LogP contribution is 2.35. The predicted molar refractivity (Wildman–Crippen MR) is 62.6 cm³/mol. The Balaban J connectivity index is 3.18. The first-order valence-electron chi connectivity index (χ1n) is 5.62. The number of hydrogen-bond donors (Lipinski definition) is 1. The molecule has 0 aliphatic heterocycles. The number of halogens is 4. The molecule has 5 heteroatoms. The minimum atomic E-state index is -4.50. The van der Waals surface area contributed by atoms with Crippen LogP contribution in [0.3, 0.4) is 0 Å². The molecule has 0 aromatic heterocycles. The largest absolute Gasteiger partial charge is 0.416 e.